The maximum atomic E-state index is 8.96. The summed E-state index contributed by atoms with van der Waals surface area (Å²) in [6.45, 7) is 1.82. The molecule has 0 aromatic carbocycles. The van der Waals surface area contributed by atoms with Crippen LogP contribution in [0.1, 0.15) is 13.3 Å². The summed E-state index contributed by atoms with van der Waals surface area (Å²) in [5.74, 6) is 0. The van der Waals surface area contributed by atoms with E-state index in [4.69, 9.17) is 17.7 Å². The lowest BCUT2D eigenvalue weighted by Crippen LogP contribution is -2.15. The van der Waals surface area contributed by atoms with Gasteiger partial charge in [0.2, 0.25) is 0 Å². The first-order chi connectivity index (χ1) is 3.70. The molecule has 0 spiro atoms. The van der Waals surface area contributed by atoms with Crippen LogP contribution in [-0.4, -0.2) is 31.2 Å². The molecule has 2 radical (unpaired) electrons. The molecule has 8 heavy (non-hydrogen) atoms. The number of aliphatic hydroxyl groups is 1. The second-order valence-electron chi connectivity index (χ2n) is 2.18. The predicted molar refractivity (Wildman–Crippen MR) is 30.7 cm³/mol. The van der Waals surface area contributed by atoms with E-state index in [2.05, 4.69) is 0 Å². The molecule has 0 bridgehead atoms. The minimum Gasteiger partial charge on any atom is -0.390 e. The van der Waals surface area contributed by atoms with E-state index in [9.17, 15) is 0 Å². The minimum absolute atomic E-state index is 0.0787. The van der Waals surface area contributed by atoms with E-state index in [-0.39, 0.29) is 18.2 Å². The average Bonchev–Trinajstić information content (AvgIpc) is 1.85. The Kier molecular flexibility index (Phi) is 1.58. The van der Waals surface area contributed by atoms with E-state index < -0.39 is 0 Å². The van der Waals surface area contributed by atoms with Gasteiger partial charge in [0.1, 0.15) is 7.85 Å². The van der Waals surface area contributed by atoms with Gasteiger partial charge in [-0.05, 0) is 13.3 Å². The lowest BCUT2D eigenvalue weighted by atomic mass is 9.96. The molecule has 0 unspecified atom stereocenters. The molecule has 44 valence electrons. The zero-order valence-corrected chi connectivity index (χ0v) is 4.87. The highest BCUT2D eigenvalue weighted by molar-refractivity contribution is 6.11. The van der Waals surface area contributed by atoms with E-state index in [1.54, 1.807) is 0 Å². The smallest absolute Gasteiger partial charge is 0.109 e. The molecular weight excluding hydrogens is 103 g/mol. The second-order valence-corrected chi connectivity index (χ2v) is 2.18. The lowest BCUT2D eigenvalue weighted by molar-refractivity contribution is 0.0456. The van der Waals surface area contributed by atoms with Crippen LogP contribution < -0.4 is 0 Å². The van der Waals surface area contributed by atoms with Crippen molar-refractivity contribution in [3.8, 4) is 0 Å². The van der Waals surface area contributed by atoms with Crippen LogP contribution >= 0.6 is 0 Å². The van der Waals surface area contributed by atoms with Crippen molar-refractivity contribution in [3.05, 3.63) is 0 Å². The molecule has 0 aromatic rings. The van der Waals surface area contributed by atoms with Crippen LogP contribution in [0.2, 0.25) is 0 Å². The quantitative estimate of drug-likeness (QED) is 0.434. The van der Waals surface area contributed by atoms with Gasteiger partial charge in [-0.25, -0.2) is 0 Å². The molecule has 3 atom stereocenters. The van der Waals surface area contributed by atoms with Gasteiger partial charge < -0.3 is 9.84 Å². The first kappa shape index (κ1) is 6.11. The summed E-state index contributed by atoms with van der Waals surface area (Å²) < 4.78 is 5.00. The standard InChI is InChI=1S/C5H9BO2/c1-3-4(7)2-5(6)8-3/h3-5,7H,2H2,1H3/t3-,4+,5-/m1/s1. The summed E-state index contributed by atoms with van der Waals surface area (Å²) in [6.07, 6.45) is 0.135. The zero-order valence-electron chi connectivity index (χ0n) is 4.87. The number of rotatable bonds is 0. The molecule has 0 saturated carbocycles. The molecule has 1 saturated heterocycles. The predicted octanol–water partition coefficient (Wildman–Crippen LogP) is -0.349. The van der Waals surface area contributed by atoms with Gasteiger partial charge in [0.05, 0.1) is 12.2 Å². The van der Waals surface area contributed by atoms with Gasteiger partial charge in [0, 0.05) is 6.00 Å². The van der Waals surface area contributed by atoms with Crippen LogP contribution in [0.25, 0.3) is 0 Å². The van der Waals surface area contributed by atoms with Crippen LogP contribution in [0.15, 0.2) is 0 Å². The number of ether oxygens (including phenoxy) is 1. The summed E-state index contributed by atoms with van der Waals surface area (Å²) in [5.41, 5.74) is 0. The van der Waals surface area contributed by atoms with E-state index in [1.165, 1.54) is 0 Å². The monoisotopic (exact) mass is 112 g/mol. The Bertz CT molecular complexity index is 76.5. The summed E-state index contributed by atoms with van der Waals surface area (Å²) in [6, 6.07) is -0.250. The van der Waals surface area contributed by atoms with Gasteiger partial charge in [-0.2, -0.15) is 0 Å². The Morgan fingerprint density at radius 1 is 1.75 bits per heavy atom. The topological polar surface area (TPSA) is 29.5 Å². The van der Waals surface area contributed by atoms with Gasteiger partial charge in [-0.3, -0.25) is 0 Å². The lowest BCUT2D eigenvalue weighted by Gasteiger charge is -2.04. The number of hydrogen-bond donors (Lipinski definition) is 1. The average molecular weight is 112 g/mol. The van der Waals surface area contributed by atoms with Gasteiger partial charge in [0.25, 0.3) is 0 Å². The molecule has 0 amide bonds. The van der Waals surface area contributed by atoms with Crippen molar-refractivity contribution in [2.24, 2.45) is 0 Å². The van der Waals surface area contributed by atoms with Crippen molar-refractivity contribution in [1.29, 1.82) is 0 Å². The normalized spacial score (nSPS) is 47.5. The van der Waals surface area contributed by atoms with Crippen LogP contribution in [0.3, 0.4) is 0 Å². The van der Waals surface area contributed by atoms with Crippen LogP contribution in [0.4, 0.5) is 0 Å². The molecule has 1 N–H and O–H groups in total. The first-order valence-corrected chi connectivity index (χ1v) is 2.79. The Morgan fingerprint density at radius 2 is 2.38 bits per heavy atom. The van der Waals surface area contributed by atoms with Crippen LogP contribution in [0.5, 0.6) is 0 Å². The fourth-order valence-corrected chi connectivity index (χ4v) is 0.852. The number of hydrogen-bond acceptors (Lipinski definition) is 2. The Hall–Kier alpha value is -0.0151. The maximum Gasteiger partial charge on any atom is 0.109 e. The molecule has 1 aliphatic rings. The van der Waals surface area contributed by atoms with E-state index >= 15 is 0 Å². The second kappa shape index (κ2) is 2.07. The van der Waals surface area contributed by atoms with Crippen molar-refractivity contribution in [1.82, 2.24) is 0 Å². The zero-order chi connectivity index (χ0) is 6.15. The minimum atomic E-state index is -0.356. The van der Waals surface area contributed by atoms with E-state index in [0.717, 1.165) is 0 Å². The summed E-state index contributed by atoms with van der Waals surface area (Å²) in [4.78, 5) is 0. The molecule has 3 heteroatoms. The summed E-state index contributed by atoms with van der Waals surface area (Å²) in [5, 5.41) is 8.96. The fraction of sp³-hybridized carbons (Fsp3) is 1.00. The van der Waals surface area contributed by atoms with Gasteiger partial charge in [-0.1, -0.05) is 0 Å². The highest BCUT2D eigenvalue weighted by atomic mass is 16.5. The van der Waals surface area contributed by atoms with Gasteiger partial charge in [0.15, 0.2) is 0 Å². The third-order valence-electron chi connectivity index (χ3n) is 1.41. The highest BCUT2D eigenvalue weighted by Gasteiger charge is 2.26. The molecule has 1 rings (SSSR count). The molecule has 0 aromatic heterocycles. The van der Waals surface area contributed by atoms with E-state index in [0.29, 0.717) is 6.42 Å². The fourth-order valence-electron chi connectivity index (χ4n) is 0.852. The Balaban J connectivity index is 2.39. The summed E-state index contributed by atoms with van der Waals surface area (Å²) in [7, 11) is 5.33. The van der Waals surface area contributed by atoms with Crippen molar-refractivity contribution in [2.75, 3.05) is 0 Å². The van der Waals surface area contributed by atoms with Crippen molar-refractivity contribution >= 4 is 7.85 Å². The van der Waals surface area contributed by atoms with Crippen LogP contribution in [-0.2, 0) is 4.74 Å². The maximum absolute atomic E-state index is 8.96. The molecule has 1 aliphatic heterocycles. The molecule has 2 nitrogen and oxygen atoms in total. The molecule has 0 aliphatic carbocycles. The summed E-state index contributed by atoms with van der Waals surface area (Å²) >= 11 is 0. The number of aliphatic hydroxyl groups excluding tert-OH is 1. The van der Waals surface area contributed by atoms with Crippen LogP contribution in [0, 0.1) is 0 Å². The Labute approximate surface area is 50.3 Å². The van der Waals surface area contributed by atoms with E-state index in [1.807, 2.05) is 6.92 Å². The van der Waals surface area contributed by atoms with Crippen molar-refractivity contribution in [2.45, 2.75) is 31.6 Å². The largest absolute Gasteiger partial charge is 0.390 e. The molecule has 1 heterocycles. The first-order valence-electron chi connectivity index (χ1n) is 2.79. The molecule has 1 fully saturated rings. The van der Waals surface area contributed by atoms with Crippen molar-refractivity contribution < 1.29 is 9.84 Å². The Morgan fingerprint density at radius 3 is 2.50 bits per heavy atom. The molecular formula is C5H9BO2. The van der Waals surface area contributed by atoms with Gasteiger partial charge >= 0.3 is 0 Å². The SMILES string of the molecule is [B][C@H]1C[C@H](O)[C@@H](C)O1. The third kappa shape index (κ3) is 1.04. The van der Waals surface area contributed by atoms with Crippen molar-refractivity contribution in [3.63, 3.8) is 0 Å². The highest BCUT2D eigenvalue weighted by Crippen LogP contribution is 2.16. The third-order valence-corrected chi connectivity index (χ3v) is 1.41. The van der Waals surface area contributed by atoms with Gasteiger partial charge in [-0.15, -0.1) is 0 Å².